The molecule has 45 heavy (non-hydrogen) atoms. The van der Waals surface area contributed by atoms with Gasteiger partial charge in [0.25, 0.3) is 10.0 Å². The molecule has 1 aromatic carbocycles. The summed E-state index contributed by atoms with van der Waals surface area (Å²) in [6, 6.07) is 6.05. The van der Waals surface area contributed by atoms with Crippen LogP contribution in [-0.4, -0.2) is 64.5 Å². The molecular formula is C29H39BrCl2N4O6S3. The van der Waals surface area contributed by atoms with E-state index in [9.17, 15) is 21.6 Å². The van der Waals surface area contributed by atoms with Gasteiger partial charge in [0.15, 0.2) is 0 Å². The number of rotatable bonds is 11. The Labute approximate surface area is 288 Å². The second-order valence-corrected chi connectivity index (χ2v) is 19.1. The van der Waals surface area contributed by atoms with Crippen molar-refractivity contribution in [2.75, 3.05) is 31.1 Å². The van der Waals surface area contributed by atoms with Gasteiger partial charge >= 0.3 is 0 Å². The molecule has 1 amide bonds. The highest BCUT2D eigenvalue weighted by molar-refractivity contribution is 9.10. The lowest BCUT2D eigenvalue weighted by atomic mass is 9.87. The van der Waals surface area contributed by atoms with Gasteiger partial charge < -0.3 is 4.90 Å². The largest absolute Gasteiger partial charge is 0.370 e. The molecule has 10 nitrogen and oxygen atoms in total. The fourth-order valence-electron chi connectivity index (χ4n) is 6.79. The zero-order valence-electron chi connectivity index (χ0n) is 24.8. The van der Waals surface area contributed by atoms with Gasteiger partial charge in [0.1, 0.15) is 8.55 Å². The van der Waals surface area contributed by atoms with E-state index in [1.54, 1.807) is 28.0 Å². The minimum atomic E-state index is -3.81. The quantitative estimate of drug-likeness (QED) is 0.181. The van der Waals surface area contributed by atoms with E-state index >= 15 is 0 Å². The molecule has 0 spiro atoms. The predicted molar refractivity (Wildman–Crippen MR) is 180 cm³/mol. The van der Waals surface area contributed by atoms with Crippen molar-refractivity contribution in [2.45, 2.75) is 79.4 Å². The summed E-state index contributed by atoms with van der Waals surface area (Å²) in [7, 11) is -7.31. The van der Waals surface area contributed by atoms with Crippen molar-refractivity contribution in [3.8, 4) is 0 Å². The molecule has 1 aliphatic carbocycles. The minimum absolute atomic E-state index is 0.0913. The number of hydroxylamine groups is 1. The van der Waals surface area contributed by atoms with Gasteiger partial charge in [-0.1, -0.05) is 42.5 Å². The van der Waals surface area contributed by atoms with Crippen LogP contribution >= 0.6 is 50.5 Å². The summed E-state index contributed by atoms with van der Waals surface area (Å²) >= 11 is 17.0. The Morgan fingerprint density at radius 2 is 1.60 bits per heavy atom. The van der Waals surface area contributed by atoms with Gasteiger partial charge in [0.2, 0.25) is 15.9 Å². The molecule has 3 heterocycles. The highest BCUT2D eigenvalue weighted by atomic mass is 79.9. The van der Waals surface area contributed by atoms with Crippen LogP contribution in [0.3, 0.4) is 0 Å². The third-order valence-electron chi connectivity index (χ3n) is 9.44. The first-order valence-electron chi connectivity index (χ1n) is 15.3. The van der Waals surface area contributed by atoms with Gasteiger partial charge in [-0.05, 0) is 97.0 Å². The molecule has 3 aliphatic rings. The normalized spacial score (nSPS) is 22.6. The lowest BCUT2D eigenvalue weighted by Gasteiger charge is -2.35. The summed E-state index contributed by atoms with van der Waals surface area (Å²) < 4.78 is 57.6. The molecule has 2 atom stereocenters. The topological polar surface area (TPSA) is 136 Å². The van der Waals surface area contributed by atoms with E-state index in [1.165, 1.54) is 6.07 Å². The number of benzene rings is 1. The number of thiophene rings is 1. The molecule has 250 valence electrons. The average molecular weight is 787 g/mol. The van der Waals surface area contributed by atoms with E-state index in [0.717, 1.165) is 75.1 Å². The Morgan fingerprint density at radius 1 is 0.956 bits per heavy atom. The molecule has 1 aromatic heterocycles. The second-order valence-electron chi connectivity index (χ2n) is 12.3. The van der Waals surface area contributed by atoms with Crippen molar-refractivity contribution >= 4 is 82.1 Å². The molecule has 3 fully saturated rings. The molecule has 16 heteroatoms. The Balaban J connectivity index is 1.04. The molecule has 0 unspecified atom stereocenters. The SMILES string of the molecule is O=C(NO)[C@H]1CC[C@H](NS(=O)(=O)c2ccc(N3CCC(CCCC4CCN(S(=O)(=O)c5cc(Br)c(Cl)s5)CC4)CC3)c(Cl)c2)C1. The van der Waals surface area contributed by atoms with Gasteiger partial charge in [0, 0.05) is 42.6 Å². The van der Waals surface area contributed by atoms with Crippen molar-refractivity contribution in [1.29, 1.82) is 0 Å². The highest BCUT2D eigenvalue weighted by Gasteiger charge is 2.34. The van der Waals surface area contributed by atoms with E-state index in [1.807, 2.05) is 0 Å². The minimum Gasteiger partial charge on any atom is -0.370 e. The molecule has 0 bridgehead atoms. The van der Waals surface area contributed by atoms with Crippen LogP contribution in [0.5, 0.6) is 0 Å². The molecule has 2 saturated heterocycles. The van der Waals surface area contributed by atoms with Crippen LogP contribution in [0.15, 0.2) is 37.8 Å². The maximum atomic E-state index is 13.0. The van der Waals surface area contributed by atoms with Gasteiger partial charge in [-0.15, -0.1) is 11.3 Å². The average Bonchev–Trinajstić information content (AvgIpc) is 3.63. The zero-order chi connectivity index (χ0) is 32.4. The molecule has 3 N–H and O–H groups in total. The van der Waals surface area contributed by atoms with Gasteiger partial charge in [0.05, 0.1) is 15.6 Å². The standard InChI is InChI=1S/C29H39BrCl2N4O6S3/c30-24-18-27(43-28(24)32)45(41,42)36-14-10-20(11-15-36)3-1-2-19-8-12-35(13-9-19)26-7-6-23(17-25(26)31)44(39,40)34-22-5-4-21(16-22)29(37)33-38/h6-7,17-22,34,38H,1-5,8-16H2,(H,33,37)/t21-,22-/m0/s1. The van der Waals surface area contributed by atoms with Crippen LogP contribution in [-0.2, 0) is 24.8 Å². The summed E-state index contributed by atoms with van der Waals surface area (Å²) in [4.78, 5) is 14.0. The van der Waals surface area contributed by atoms with E-state index < -0.39 is 31.9 Å². The summed E-state index contributed by atoms with van der Waals surface area (Å²) in [6.45, 7) is 2.79. The Hall–Kier alpha value is -0.970. The smallest absolute Gasteiger partial charge is 0.252 e. The summed E-state index contributed by atoms with van der Waals surface area (Å²) in [6.07, 6.45) is 8.57. The monoisotopic (exact) mass is 784 g/mol. The molecule has 0 radical (unpaired) electrons. The number of nitrogens with one attached hydrogen (secondary N) is 2. The first kappa shape index (κ1) is 35.3. The summed E-state index contributed by atoms with van der Waals surface area (Å²) in [5.74, 6) is 0.249. The van der Waals surface area contributed by atoms with E-state index in [-0.39, 0.29) is 15.1 Å². The number of carbonyl (C=O) groups excluding carboxylic acids is 1. The van der Waals surface area contributed by atoms with Crippen molar-refractivity contribution in [1.82, 2.24) is 14.5 Å². The Kier molecular flexibility index (Phi) is 11.8. The highest BCUT2D eigenvalue weighted by Crippen LogP contribution is 2.38. The van der Waals surface area contributed by atoms with E-state index in [4.69, 9.17) is 28.4 Å². The first-order chi connectivity index (χ1) is 21.4. The van der Waals surface area contributed by atoms with Gasteiger partial charge in [-0.3, -0.25) is 10.0 Å². The lowest BCUT2D eigenvalue weighted by Crippen LogP contribution is -2.38. The third-order valence-corrected chi connectivity index (χ3v) is 16.1. The van der Waals surface area contributed by atoms with Crippen LogP contribution < -0.4 is 15.1 Å². The maximum Gasteiger partial charge on any atom is 0.252 e. The van der Waals surface area contributed by atoms with Crippen molar-refractivity contribution in [3.63, 3.8) is 0 Å². The first-order valence-corrected chi connectivity index (χ1v) is 20.6. The van der Waals surface area contributed by atoms with Gasteiger partial charge in [-0.25, -0.2) is 27.0 Å². The fraction of sp³-hybridized carbons (Fsp3) is 0.621. The molecule has 5 rings (SSSR count). The van der Waals surface area contributed by atoms with Crippen LogP contribution in [0.4, 0.5) is 5.69 Å². The van der Waals surface area contributed by atoms with Crippen LogP contribution in [0.2, 0.25) is 9.36 Å². The van der Waals surface area contributed by atoms with E-state index in [0.29, 0.717) is 58.0 Å². The lowest BCUT2D eigenvalue weighted by molar-refractivity contribution is -0.133. The number of piperidine rings is 2. The molecular weight excluding hydrogens is 747 g/mol. The zero-order valence-corrected chi connectivity index (χ0v) is 30.3. The number of anilines is 1. The van der Waals surface area contributed by atoms with E-state index in [2.05, 4.69) is 25.6 Å². The van der Waals surface area contributed by atoms with Crippen LogP contribution in [0.1, 0.15) is 64.2 Å². The molecule has 1 saturated carbocycles. The third kappa shape index (κ3) is 8.55. The summed E-state index contributed by atoms with van der Waals surface area (Å²) in [5, 5.41) is 9.24. The fourth-order valence-corrected chi connectivity index (χ4v) is 12.4. The van der Waals surface area contributed by atoms with Crippen LogP contribution in [0.25, 0.3) is 0 Å². The van der Waals surface area contributed by atoms with Crippen LogP contribution in [0, 0.1) is 17.8 Å². The number of sulfonamides is 2. The predicted octanol–water partition coefficient (Wildman–Crippen LogP) is 6.26. The number of halogens is 3. The second kappa shape index (κ2) is 15.1. The van der Waals surface area contributed by atoms with Crippen molar-refractivity contribution < 1.29 is 26.8 Å². The Morgan fingerprint density at radius 3 is 2.18 bits per heavy atom. The number of hydrogen-bond acceptors (Lipinski definition) is 8. The van der Waals surface area contributed by atoms with Crippen molar-refractivity contribution in [3.05, 3.63) is 38.1 Å². The Bertz CT molecular complexity index is 1560. The molecule has 2 aliphatic heterocycles. The van der Waals surface area contributed by atoms with Gasteiger partial charge in [-0.2, -0.15) is 4.31 Å². The number of hydrogen-bond donors (Lipinski definition) is 3. The number of nitrogens with zero attached hydrogens (tertiary/aromatic N) is 2. The summed E-state index contributed by atoms with van der Waals surface area (Å²) in [5.41, 5.74) is 2.47. The maximum absolute atomic E-state index is 13.0. The van der Waals surface area contributed by atoms with Crippen molar-refractivity contribution in [2.24, 2.45) is 17.8 Å². The number of carbonyl (C=O) groups is 1. The number of amides is 1. The molecule has 2 aromatic rings.